The second-order valence-corrected chi connectivity index (χ2v) is 3.56. The topological polar surface area (TPSA) is 56.0 Å². The van der Waals surface area contributed by atoms with Gasteiger partial charge in [0.1, 0.15) is 5.82 Å². The molecule has 0 N–H and O–H groups in total. The van der Waals surface area contributed by atoms with Gasteiger partial charge in [-0.25, -0.2) is 4.39 Å². The SMILES string of the molecule is O=Cc1nc(-c2ccc(F)c(Br)c2)no1. The van der Waals surface area contributed by atoms with E-state index in [1.54, 1.807) is 0 Å². The molecular formula is C9H4BrFN2O2. The molecule has 0 bridgehead atoms. The van der Waals surface area contributed by atoms with Gasteiger partial charge in [0.15, 0.2) is 0 Å². The first kappa shape index (κ1) is 9.97. The standard InChI is InChI=1S/C9H4BrFN2O2/c10-6-3-5(1-2-7(6)11)9-12-8(4-14)15-13-9/h1-4H. The monoisotopic (exact) mass is 270 g/mol. The van der Waals surface area contributed by atoms with Crippen LogP contribution in [0.25, 0.3) is 11.4 Å². The molecule has 76 valence electrons. The fourth-order valence-electron chi connectivity index (χ4n) is 1.04. The predicted octanol–water partition coefficient (Wildman–Crippen LogP) is 2.45. The summed E-state index contributed by atoms with van der Waals surface area (Å²) in [6.45, 7) is 0. The van der Waals surface area contributed by atoms with Gasteiger partial charge in [-0.1, -0.05) is 5.16 Å². The van der Waals surface area contributed by atoms with Crippen LogP contribution in [0.15, 0.2) is 27.2 Å². The van der Waals surface area contributed by atoms with E-state index in [0.717, 1.165) is 0 Å². The Kier molecular flexibility index (Phi) is 2.59. The minimum Gasteiger partial charge on any atom is -0.331 e. The average molecular weight is 271 g/mol. The molecule has 0 spiro atoms. The number of rotatable bonds is 2. The first-order chi connectivity index (χ1) is 7.20. The van der Waals surface area contributed by atoms with Crippen molar-refractivity contribution < 1.29 is 13.7 Å². The van der Waals surface area contributed by atoms with Gasteiger partial charge in [-0.3, -0.25) is 4.79 Å². The number of aldehydes is 1. The molecule has 1 aromatic carbocycles. The third-order valence-corrected chi connectivity index (χ3v) is 2.33. The number of benzene rings is 1. The van der Waals surface area contributed by atoms with E-state index in [1.807, 2.05) is 0 Å². The van der Waals surface area contributed by atoms with Crippen LogP contribution in [-0.4, -0.2) is 16.4 Å². The van der Waals surface area contributed by atoms with Crippen LogP contribution in [0.5, 0.6) is 0 Å². The van der Waals surface area contributed by atoms with Crippen molar-refractivity contribution in [1.29, 1.82) is 0 Å². The van der Waals surface area contributed by atoms with Crippen molar-refractivity contribution in [3.8, 4) is 11.4 Å². The molecule has 15 heavy (non-hydrogen) atoms. The molecule has 2 aromatic rings. The highest BCUT2D eigenvalue weighted by Gasteiger charge is 2.09. The van der Waals surface area contributed by atoms with Gasteiger partial charge < -0.3 is 4.52 Å². The first-order valence-corrected chi connectivity index (χ1v) is 4.74. The number of hydrogen-bond acceptors (Lipinski definition) is 4. The molecule has 0 fully saturated rings. The van der Waals surface area contributed by atoms with Crippen LogP contribution in [0.3, 0.4) is 0 Å². The van der Waals surface area contributed by atoms with E-state index >= 15 is 0 Å². The summed E-state index contributed by atoms with van der Waals surface area (Å²) >= 11 is 3.04. The predicted molar refractivity (Wildman–Crippen MR) is 52.8 cm³/mol. The summed E-state index contributed by atoms with van der Waals surface area (Å²) in [7, 11) is 0. The molecule has 2 rings (SSSR count). The van der Waals surface area contributed by atoms with E-state index in [1.165, 1.54) is 18.2 Å². The lowest BCUT2D eigenvalue weighted by Gasteiger charge is -1.96. The summed E-state index contributed by atoms with van der Waals surface area (Å²) in [5, 5.41) is 3.57. The van der Waals surface area contributed by atoms with Crippen molar-refractivity contribution in [3.63, 3.8) is 0 Å². The molecule has 0 atom stereocenters. The first-order valence-electron chi connectivity index (χ1n) is 3.95. The van der Waals surface area contributed by atoms with Gasteiger partial charge in [0, 0.05) is 5.56 Å². The van der Waals surface area contributed by atoms with Gasteiger partial charge in [-0.05, 0) is 34.1 Å². The fourth-order valence-corrected chi connectivity index (χ4v) is 1.41. The van der Waals surface area contributed by atoms with Crippen LogP contribution in [0, 0.1) is 5.82 Å². The van der Waals surface area contributed by atoms with Crippen LogP contribution >= 0.6 is 15.9 Å². The third-order valence-electron chi connectivity index (χ3n) is 1.72. The molecule has 0 aliphatic heterocycles. The Balaban J connectivity index is 2.44. The molecule has 0 aliphatic rings. The number of carbonyl (C=O) groups excluding carboxylic acids is 1. The minimum atomic E-state index is -0.377. The van der Waals surface area contributed by atoms with E-state index in [2.05, 4.69) is 30.6 Å². The van der Waals surface area contributed by atoms with Crippen molar-refractivity contribution in [2.24, 2.45) is 0 Å². The van der Waals surface area contributed by atoms with Crippen molar-refractivity contribution in [2.45, 2.75) is 0 Å². The Morgan fingerprint density at radius 2 is 2.27 bits per heavy atom. The Labute approximate surface area is 92.2 Å². The minimum absolute atomic E-state index is 0.106. The number of halogens is 2. The molecule has 4 nitrogen and oxygen atoms in total. The maximum Gasteiger partial charge on any atom is 0.291 e. The van der Waals surface area contributed by atoms with Gasteiger partial charge in [0.05, 0.1) is 4.47 Å². The summed E-state index contributed by atoms with van der Waals surface area (Å²) in [5.74, 6) is -0.235. The number of hydrogen-bond donors (Lipinski definition) is 0. The maximum absolute atomic E-state index is 12.9. The Morgan fingerprint density at radius 3 is 2.87 bits per heavy atom. The van der Waals surface area contributed by atoms with Crippen molar-refractivity contribution >= 4 is 22.2 Å². The maximum atomic E-state index is 12.9. The Morgan fingerprint density at radius 1 is 1.47 bits per heavy atom. The molecule has 0 radical (unpaired) electrons. The molecule has 0 unspecified atom stereocenters. The summed E-state index contributed by atoms with van der Waals surface area (Å²) < 4.78 is 17.8. The summed E-state index contributed by atoms with van der Waals surface area (Å²) in [6, 6.07) is 4.28. The molecule has 0 aliphatic carbocycles. The van der Waals surface area contributed by atoms with Crippen LogP contribution in [0.2, 0.25) is 0 Å². The van der Waals surface area contributed by atoms with Gasteiger partial charge in [-0.2, -0.15) is 4.98 Å². The van der Waals surface area contributed by atoms with E-state index < -0.39 is 0 Å². The summed E-state index contributed by atoms with van der Waals surface area (Å²) in [5.41, 5.74) is 0.570. The number of nitrogens with zero attached hydrogens (tertiary/aromatic N) is 2. The molecule has 0 amide bonds. The summed E-state index contributed by atoms with van der Waals surface area (Å²) in [6.07, 6.45) is 0.453. The highest BCUT2D eigenvalue weighted by molar-refractivity contribution is 9.10. The van der Waals surface area contributed by atoms with Gasteiger partial charge in [0.25, 0.3) is 5.89 Å². The van der Waals surface area contributed by atoms with Crippen molar-refractivity contribution in [2.75, 3.05) is 0 Å². The Bertz CT molecular complexity index is 513. The highest BCUT2D eigenvalue weighted by Crippen LogP contribution is 2.22. The normalized spacial score (nSPS) is 10.3. The number of carbonyl (C=O) groups is 1. The van der Waals surface area contributed by atoms with E-state index in [9.17, 15) is 9.18 Å². The lowest BCUT2D eigenvalue weighted by Crippen LogP contribution is -1.84. The van der Waals surface area contributed by atoms with E-state index in [0.29, 0.717) is 16.3 Å². The molecule has 0 saturated carbocycles. The van der Waals surface area contributed by atoms with Crippen LogP contribution in [-0.2, 0) is 0 Å². The van der Waals surface area contributed by atoms with Gasteiger partial charge >= 0.3 is 0 Å². The second kappa shape index (κ2) is 3.90. The van der Waals surface area contributed by atoms with E-state index in [-0.39, 0.29) is 17.5 Å². The van der Waals surface area contributed by atoms with Crippen molar-refractivity contribution in [1.82, 2.24) is 10.1 Å². The van der Waals surface area contributed by atoms with Crippen LogP contribution in [0.1, 0.15) is 10.7 Å². The largest absolute Gasteiger partial charge is 0.331 e. The van der Waals surface area contributed by atoms with Gasteiger partial charge in [0.2, 0.25) is 12.1 Å². The Hall–Kier alpha value is -1.56. The second-order valence-electron chi connectivity index (χ2n) is 2.70. The number of aromatic nitrogens is 2. The smallest absolute Gasteiger partial charge is 0.291 e. The van der Waals surface area contributed by atoms with Crippen LogP contribution < -0.4 is 0 Å². The average Bonchev–Trinajstić information content (AvgIpc) is 2.70. The zero-order chi connectivity index (χ0) is 10.8. The quantitative estimate of drug-likeness (QED) is 0.787. The van der Waals surface area contributed by atoms with Crippen molar-refractivity contribution in [3.05, 3.63) is 34.4 Å². The zero-order valence-electron chi connectivity index (χ0n) is 7.28. The van der Waals surface area contributed by atoms with E-state index in [4.69, 9.17) is 0 Å². The fraction of sp³-hybridized carbons (Fsp3) is 0. The lowest BCUT2D eigenvalue weighted by atomic mass is 10.2. The lowest BCUT2D eigenvalue weighted by molar-refractivity contribution is 0.108. The molecule has 6 heteroatoms. The molecule has 1 aromatic heterocycles. The third kappa shape index (κ3) is 1.94. The summed E-state index contributed by atoms with van der Waals surface area (Å²) in [4.78, 5) is 14.1. The van der Waals surface area contributed by atoms with Crippen LogP contribution in [0.4, 0.5) is 4.39 Å². The zero-order valence-corrected chi connectivity index (χ0v) is 8.86. The molecule has 1 heterocycles. The molecule has 0 saturated heterocycles. The molecular weight excluding hydrogens is 267 g/mol. The highest BCUT2D eigenvalue weighted by atomic mass is 79.9. The van der Waals surface area contributed by atoms with Gasteiger partial charge in [-0.15, -0.1) is 0 Å².